The van der Waals surface area contributed by atoms with Gasteiger partial charge in [-0.05, 0) is 73.0 Å². The molecular formula is C48H62N8O7S2. The predicted octanol–water partition coefficient (Wildman–Crippen LogP) is 8.91. The van der Waals surface area contributed by atoms with E-state index in [2.05, 4.69) is 39.3 Å². The molecule has 4 unspecified atom stereocenters. The molecule has 17 heteroatoms. The van der Waals surface area contributed by atoms with E-state index in [1.807, 2.05) is 94.3 Å². The summed E-state index contributed by atoms with van der Waals surface area (Å²) in [6.45, 7) is 14.3. The van der Waals surface area contributed by atoms with Crippen LogP contribution in [0.15, 0.2) is 59.3 Å². The lowest BCUT2D eigenvalue weighted by Gasteiger charge is -2.16. The number of ether oxygens (including phenoxy) is 4. The van der Waals surface area contributed by atoms with Gasteiger partial charge < -0.3 is 34.4 Å². The minimum atomic E-state index is -0.0964. The molecule has 2 aromatic carbocycles. The molecule has 4 aromatic heterocycles. The number of anilines is 2. The van der Waals surface area contributed by atoms with Gasteiger partial charge in [-0.3, -0.25) is 19.4 Å². The molecule has 2 N–H and O–H groups in total. The molecule has 6 heterocycles. The van der Waals surface area contributed by atoms with Crippen LogP contribution in [0.5, 0.6) is 23.0 Å². The number of hydrogen-bond donors (Lipinski definition) is 2. The fourth-order valence-corrected chi connectivity index (χ4v) is 9.18. The zero-order chi connectivity index (χ0) is 47.4. The van der Waals surface area contributed by atoms with Crippen LogP contribution in [0, 0.1) is 0 Å². The molecule has 65 heavy (non-hydrogen) atoms. The standard InChI is InChI=1S/C23H28N4O3S.C21H24N4O3S.C2H4O.C2H6/c1-13(2)24-23-26-20(12-31-23)19-10-22(17-7-6-15(29-5)8-18(17)25-19)30-16-9-21(14(3)28)27(4)11-16;1-12(26)19-8-14(10-25(19)3)28-20-9-17(18-11-29-21(22-2)24-18)23-16-7-13(27-4)5-6-15(16)20;1-2-3;1-2/h6-8,10,12-13,16,21H,9,11H2,1-5H3,(H,24,26);5-7,9,11,14,19H,8,10H2,1-4H3,(H,22,24);2H,1H3;1-2H3. The summed E-state index contributed by atoms with van der Waals surface area (Å²) in [6.07, 6.45) is 1.99. The van der Waals surface area contributed by atoms with E-state index in [4.69, 9.17) is 38.7 Å². The Bertz CT molecular complexity index is 2550. The number of carbonyl (C=O) groups is 3. The van der Waals surface area contributed by atoms with Gasteiger partial charge in [0, 0.05) is 84.8 Å². The average Bonchev–Trinajstić information content (AvgIpc) is 4.11. The zero-order valence-corrected chi connectivity index (χ0v) is 41.1. The molecule has 2 fully saturated rings. The van der Waals surface area contributed by atoms with Crippen LogP contribution < -0.4 is 29.6 Å². The number of rotatable bonds is 13. The number of fused-ring (bicyclic) bond motifs is 2. The van der Waals surface area contributed by atoms with E-state index in [-0.39, 0.29) is 35.9 Å². The van der Waals surface area contributed by atoms with Gasteiger partial charge in [-0.25, -0.2) is 19.9 Å². The number of Topliss-reactive ketones (excluding diaryl/α,β-unsaturated/α-hetero) is 2. The minimum absolute atomic E-state index is 0.0576. The van der Waals surface area contributed by atoms with Crippen molar-refractivity contribution in [1.29, 1.82) is 0 Å². The molecule has 0 amide bonds. The van der Waals surface area contributed by atoms with Gasteiger partial charge in [0.1, 0.15) is 64.4 Å². The number of likely N-dealkylation sites (N-methyl/N-ethyl adjacent to an activating group) is 2. The van der Waals surface area contributed by atoms with E-state index < -0.39 is 0 Å². The molecule has 0 aliphatic carbocycles. The number of pyridine rings is 2. The summed E-state index contributed by atoms with van der Waals surface area (Å²) in [7, 11) is 9.05. The predicted molar refractivity (Wildman–Crippen MR) is 262 cm³/mol. The van der Waals surface area contributed by atoms with Gasteiger partial charge in [0.25, 0.3) is 0 Å². The van der Waals surface area contributed by atoms with Gasteiger partial charge in [0.05, 0.1) is 48.7 Å². The number of nitrogens with zero attached hydrogens (tertiary/aromatic N) is 6. The van der Waals surface area contributed by atoms with Crippen LogP contribution in [0.3, 0.4) is 0 Å². The van der Waals surface area contributed by atoms with Crippen molar-refractivity contribution in [3.63, 3.8) is 0 Å². The van der Waals surface area contributed by atoms with Gasteiger partial charge in [-0.15, -0.1) is 22.7 Å². The maximum atomic E-state index is 11.9. The summed E-state index contributed by atoms with van der Waals surface area (Å²) >= 11 is 3.08. The second-order valence-electron chi connectivity index (χ2n) is 15.7. The van der Waals surface area contributed by atoms with Gasteiger partial charge in [-0.1, -0.05) is 13.8 Å². The number of thiazole rings is 2. The van der Waals surface area contributed by atoms with Crippen molar-refractivity contribution in [2.45, 2.75) is 91.6 Å². The molecule has 2 aliphatic rings. The zero-order valence-electron chi connectivity index (χ0n) is 39.4. The fraction of sp³-hybridized carbons (Fsp3) is 0.438. The first kappa shape index (κ1) is 50.3. The van der Waals surface area contributed by atoms with Gasteiger partial charge in [-0.2, -0.15) is 0 Å². The number of hydrogen-bond acceptors (Lipinski definition) is 17. The Hall–Kier alpha value is -5.75. The second-order valence-corrected chi connectivity index (χ2v) is 17.4. The van der Waals surface area contributed by atoms with E-state index >= 15 is 0 Å². The molecule has 2 saturated heterocycles. The summed E-state index contributed by atoms with van der Waals surface area (Å²) in [5, 5.41) is 13.9. The topological polar surface area (TPSA) is 170 Å². The first-order valence-electron chi connectivity index (χ1n) is 21.7. The largest absolute Gasteiger partial charge is 0.497 e. The Balaban J connectivity index is 0.000000223. The first-order valence-corrected chi connectivity index (χ1v) is 23.5. The third kappa shape index (κ3) is 12.7. The molecule has 4 atom stereocenters. The number of likely N-dealkylation sites (tertiary alicyclic amines) is 2. The third-order valence-electron chi connectivity index (χ3n) is 10.7. The fourth-order valence-electron chi connectivity index (χ4n) is 7.66. The van der Waals surface area contributed by atoms with Crippen LogP contribution in [-0.2, 0) is 14.4 Å². The van der Waals surface area contributed by atoms with Crippen LogP contribution in [-0.4, -0.2) is 126 Å². The molecule has 15 nitrogen and oxygen atoms in total. The normalized spacial score (nSPS) is 18.1. The highest BCUT2D eigenvalue weighted by Crippen LogP contribution is 2.37. The highest BCUT2D eigenvalue weighted by Gasteiger charge is 2.35. The van der Waals surface area contributed by atoms with Crippen molar-refractivity contribution >= 4 is 72.6 Å². The van der Waals surface area contributed by atoms with Crippen molar-refractivity contribution in [2.24, 2.45) is 0 Å². The lowest BCUT2D eigenvalue weighted by molar-refractivity contribution is -0.121. The molecule has 6 aromatic rings. The maximum Gasteiger partial charge on any atom is 0.183 e. The van der Waals surface area contributed by atoms with Crippen molar-refractivity contribution in [1.82, 2.24) is 29.7 Å². The van der Waals surface area contributed by atoms with Crippen LogP contribution in [0.2, 0.25) is 0 Å². The third-order valence-corrected chi connectivity index (χ3v) is 12.3. The van der Waals surface area contributed by atoms with E-state index in [0.717, 1.165) is 84.1 Å². The molecule has 8 rings (SSSR count). The van der Waals surface area contributed by atoms with E-state index in [0.29, 0.717) is 32.0 Å². The van der Waals surface area contributed by atoms with E-state index in [1.54, 1.807) is 39.4 Å². The Morgan fingerprint density at radius 2 is 1.12 bits per heavy atom. The molecule has 0 spiro atoms. The minimum Gasteiger partial charge on any atom is -0.497 e. The number of methoxy groups -OCH3 is 2. The summed E-state index contributed by atoms with van der Waals surface area (Å²) in [5.41, 5.74) is 4.65. The molecule has 0 bridgehead atoms. The SMILES string of the molecule is CC.CC=O.CNc1nc(-c2cc(OC3CC(C(C)=O)N(C)C3)c3ccc(OC)cc3n2)cs1.COc1ccc2c(OC3CC(C(C)=O)N(C)C3)cc(-c3csc(NC(C)C)n3)nc2c1. The van der Waals surface area contributed by atoms with E-state index in [1.165, 1.54) is 18.3 Å². The number of aldehydes is 1. The number of benzene rings is 2. The van der Waals surface area contributed by atoms with Crippen molar-refractivity contribution in [3.8, 4) is 45.8 Å². The quantitative estimate of drug-likeness (QED) is 0.105. The number of aromatic nitrogens is 4. The summed E-state index contributed by atoms with van der Waals surface area (Å²) < 4.78 is 23.6. The lowest BCUT2D eigenvalue weighted by atomic mass is 10.1. The monoisotopic (exact) mass is 926 g/mol. The Morgan fingerprint density at radius 3 is 1.48 bits per heavy atom. The van der Waals surface area contributed by atoms with Crippen LogP contribution in [0.1, 0.15) is 61.3 Å². The molecule has 2 aliphatic heterocycles. The average molecular weight is 927 g/mol. The number of carbonyl (C=O) groups excluding carboxylic acids is 3. The maximum absolute atomic E-state index is 11.9. The Labute approximate surface area is 389 Å². The van der Waals surface area contributed by atoms with Crippen LogP contribution >= 0.6 is 22.7 Å². The van der Waals surface area contributed by atoms with Crippen LogP contribution in [0.4, 0.5) is 10.3 Å². The smallest absolute Gasteiger partial charge is 0.183 e. The second kappa shape index (κ2) is 23.4. The van der Waals surface area contributed by atoms with Gasteiger partial charge >= 0.3 is 0 Å². The molecule has 0 radical (unpaired) electrons. The van der Waals surface area contributed by atoms with Crippen molar-refractivity contribution in [3.05, 3.63) is 59.3 Å². The highest BCUT2D eigenvalue weighted by atomic mass is 32.1. The van der Waals surface area contributed by atoms with Crippen molar-refractivity contribution < 1.29 is 33.3 Å². The van der Waals surface area contributed by atoms with Crippen LogP contribution in [0.25, 0.3) is 44.6 Å². The summed E-state index contributed by atoms with van der Waals surface area (Å²) in [5.74, 6) is 3.31. The molecule has 348 valence electrons. The highest BCUT2D eigenvalue weighted by molar-refractivity contribution is 7.14. The van der Waals surface area contributed by atoms with Crippen molar-refractivity contribution in [2.75, 3.05) is 59.1 Å². The number of nitrogens with one attached hydrogen (secondary N) is 2. The van der Waals surface area contributed by atoms with Gasteiger partial charge in [0.15, 0.2) is 10.3 Å². The van der Waals surface area contributed by atoms with Gasteiger partial charge in [0.2, 0.25) is 0 Å². The Morgan fingerprint density at radius 1 is 0.708 bits per heavy atom. The molecular weight excluding hydrogens is 865 g/mol. The summed E-state index contributed by atoms with van der Waals surface area (Å²) in [4.78, 5) is 55.6. The first-order chi connectivity index (χ1) is 31.2. The van der Waals surface area contributed by atoms with E-state index in [9.17, 15) is 9.59 Å². The molecule has 0 saturated carbocycles. The summed E-state index contributed by atoms with van der Waals surface area (Å²) in [6, 6.07) is 15.5. The lowest BCUT2D eigenvalue weighted by Crippen LogP contribution is -2.31. The Kier molecular flexibility index (Phi) is 18.1. The number of ketones is 2.